The van der Waals surface area contributed by atoms with Crippen LogP contribution in [-0.4, -0.2) is 41.1 Å². The molecule has 0 spiro atoms. The molecule has 0 aliphatic carbocycles. The van der Waals surface area contributed by atoms with E-state index in [1.165, 1.54) is 6.07 Å². The van der Waals surface area contributed by atoms with Gasteiger partial charge in [-0.05, 0) is 30.7 Å². The summed E-state index contributed by atoms with van der Waals surface area (Å²) in [5.74, 6) is -0.0402. The number of sulfone groups is 1. The molecule has 2 N–H and O–H groups in total. The minimum absolute atomic E-state index is 0.0402. The summed E-state index contributed by atoms with van der Waals surface area (Å²) in [6.45, 7) is 2.75. The van der Waals surface area contributed by atoms with Gasteiger partial charge in [0.2, 0.25) is 0 Å². The van der Waals surface area contributed by atoms with Crippen LogP contribution in [0, 0.1) is 6.92 Å². The van der Waals surface area contributed by atoms with Gasteiger partial charge in [0.15, 0.2) is 9.84 Å². The van der Waals surface area contributed by atoms with Crippen LogP contribution in [0.1, 0.15) is 5.56 Å². The number of nitrogen functional groups attached to an aromatic ring is 1. The SMILES string of the molecule is COCCOCCS(=O)(=O)c1ccc(N)cc1C. The first-order chi connectivity index (χ1) is 8.47. The van der Waals surface area contributed by atoms with Crippen molar-refractivity contribution in [1.29, 1.82) is 0 Å². The quantitative estimate of drug-likeness (QED) is 0.592. The molecule has 1 aromatic rings. The van der Waals surface area contributed by atoms with Crippen LogP contribution in [0.2, 0.25) is 0 Å². The van der Waals surface area contributed by atoms with Gasteiger partial charge < -0.3 is 15.2 Å². The molecule has 0 aliphatic rings. The molecule has 0 amide bonds. The highest BCUT2D eigenvalue weighted by Crippen LogP contribution is 2.19. The first-order valence-corrected chi connectivity index (χ1v) is 7.28. The minimum Gasteiger partial charge on any atom is -0.399 e. The third-order valence-electron chi connectivity index (χ3n) is 2.46. The third-order valence-corrected chi connectivity index (χ3v) is 4.29. The fourth-order valence-corrected chi connectivity index (χ4v) is 2.93. The van der Waals surface area contributed by atoms with Gasteiger partial charge in [0, 0.05) is 12.8 Å². The number of methoxy groups -OCH3 is 1. The lowest BCUT2D eigenvalue weighted by molar-refractivity contribution is 0.0785. The maximum absolute atomic E-state index is 12.0. The average molecular weight is 273 g/mol. The van der Waals surface area contributed by atoms with Crippen molar-refractivity contribution in [3.05, 3.63) is 23.8 Å². The number of aryl methyl sites for hydroxylation is 1. The van der Waals surface area contributed by atoms with Crippen molar-refractivity contribution in [2.75, 3.05) is 38.4 Å². The highest BCUT2D eigenvalue weighted by Gasteiger charge is 2.16. The first kappa shape index (κ1) is 14.9. The molecule has 0 unspecified atom stereocenters. The van der Waals surface area contributed by atoms with Crippen LogP contribution in [0.4, 0.5) is 5.69 Å². The number of anilines is 1. The summed E-state index contributed by atoms with van der Waals surface area (Å²) in [4.78, 5) is 0.312. The molecule has 0 heterocycles. The zero-order chi connectivity index (χ0) is 13.6. The predicted molar refractivity (Wildman–Crippen MR) is 70.3 cm³/mol. The molecule has 0 radical (unpaired) electrons. The smallest absolute Gasteiger partial charge is 0.180 e. The molecule has 0 fully saturated rings. The third kappa shape index (κ3) is 4.29. The molecule has 0 saturated carbocycles. The Kier molecular flexibility index (Phi) is 5.58. The van der Waals surface area contributed by atoms with E-state index in [9.17, 15) is 8.42 Å². The van der Waals surface area contributed by atoms with Gasteiger partial charge in [-0.2, -0.15) is 0 Å². The summed E-state index contributed by atoms with van der Waals surface area (Å²) in [6, 6.07) is 4.78. The van der Waals surface area contributed by atoms with Crippen LogP contribution >= 0.6 is 0 Å². The number of ether oxygens (including phenoxy) is 2. The Morgan fingerprint density at radius 3 is 2.56 bits per heavy atom. The number of nitrogens with two attached hydrogens (primary N) is 1. The largest absolute Gasteiger partial charge is 0.399 e. The second-order valence-corrected chi connectivity index (χ2v) is 6.03. The zero-order valence-corrected chi connectivity index (χ0v) is 11.5. The fraction of sp³-hybridized carbons (Fsp3) is 0.500. The molecular formula is C12H19NO4S. The van der Waals surface area contributed by atoms with Gasteiger partial charge in [-0.25, -0.2) is 8.42 Å². The number of benzene rings is 1. The molecule has 18 heavy (non-hydrogen) atoms. The second-order valence-electron chi connectivity index (χ2n) is 3.95. The molecule has 0 aromatic heterocycles. The Labute approximate surface area is 108 Å². The van der Waals surface area contributed by atoms with Crippen molar-refractivity contribution >= 4 is 15.5 Å². The summed E-state index contributed by atoms with van der Waals surface area (Å²) < 4.78 is 34.1. The normalized spacial score (nSPS) is 11.7. The van der Waals surface area contributed by atoms with Crippen LogP contribution in [0.5, 0.6) is 0 Å². The monoisotopic (exact) mass is 273 g/mol. The Hall–Kier alpha value is -1.11. The molecule has 0 saturated heterocycles. The predicted octanol–water partition coefficient (Wildman–Crippen LogP) is 1.01. The fourth-order valence-electron chi connectivity index (χ4n) is 1.54. The lowest BCUT2D eigenvalue weighted by Gasteiger charge is -2.08. The van der Waals surface area contributed by atoms with E-state index < -0.39 is 9.84 Å². The van der Waals surface area contributed by atoms with Crippen molar-refractivity contribution in [3.8, 4) is 0 Å². The summed E-state index contributed by atoms with van der Waals surface area (Å²) in [6.07, 6.45) is 0. The average Bonchev–Trinajstić information content (AvgIpc) is 2.28. The van der Waals surface area contributed by atoms with Crippen molar-refractivity contribution < 1.29 is 17.9 Å². The molecule has 0 bridgehead atoms. The molecule has 5 nitrogen and oxygen atoms in total. The topological polar surface area (TPSA) is 78.6 Å². The van der Waals surface area contributed by atoms with Gasteiger partial charge in [0.05, 0.1) is 30.5 Å². The van der Waals surface area contributed by atoms with Gasteiger partial charge in [0.1, 0.15) is 0 Å². The van der Waals surface area contributed by atoms with E-state index >= 15 is 0 Å². The number of hydrogen-bond acceptors (Lipinski definition) is 5. The van der Waals surface area contributed by atoms with Gasteiger partial charge in [-0.1, -0.05) is 0 Å². The maximum Gasteiger partial charge on any atom is 0.180 e. The number of hydrogen-bond donors (Lipinski definition) is 1. The molecule has 102 valence electrons. The van der Waals surface area contributed by atoms with Gasteiger partial charge in [-0.15, -0.1) is 0 Å². The summed E-state index contributed by atoms with van der Waals surface area (Å²) in [5, 5.41) is 0. The highest BCUT2D eigenvalue weighted by atomic mass is 32.2. The minimum atomic E-state index is -3.32. The molecule has 1 aromatic carbocycles. The van der Waals surface area contributed by atoms with Crippen LogP contribution in [0.3, 0.4) is 0 Å². The molecule has 6 heteroatoms. The Morgan fingerprint density at radius 2 is 1.94 bits per heavy atom. The van der Waals surface area contributed by atoms with Crippen LogP contribution < -0.4 is 5.73 Å². The molecule has 1 rings (SSSR count). The molecule has 0 aliphatic heterocycles. The van der Waals surface area contributed by atoms with E-state index in [0.29, 0.717) is 29.4 Å². The van der Waals surface area contributed by atoms with Crippen molar-refractivity contribution in [1.82, 2.24) is 0 Å². The lowest BCUT2D eigenvalue weighted by atomic mass is 10.2. The van der Waals surface area contributed by atoms with Crippen LogP contribution in [0.15, 0.2) is 23.1 Å². The Balaban J connectivity index is 2.63. The summed E-state index contributed by atoms with van der Waals surface area (Å²) in [5.41, 5.74) is 6.81. The highest BCUT2D eigenvalue weighted by molar-refractivity contribution is 7.91. The van der Waals surface area contributed by atoms with Crippen molar-refractivity contribution in [2.45, 2.75) is 11.8 Å². The van der Waals surface area contributed by atoms with Crippen LogP contribution in [-0.2, 0) is 19.3 Å². The standard InChI is InChI=1S/C12H19NO4S/c1-10-9-11(13)3-4-12(10)18(14,15)8-7-17-6-5-16-2/h3-4,9H,5-8,13H2,1-2H3. The van der Waals surface area contributed by atoms with E-state index in [1.807, 2.05) is 0 Å². The lowest BCUT2D eigenvalue weighted by Crippen LogP contribution is -2.15. The maximum atomic E-state index is 12.0. The van der Waals surface area contributed by atoms with Gasteiger partial charge in [0.25, 0.3) is 0 Å². The molecule has 0 atom stereocenters. The van der Waals surface area contributed by atoms with Gasteiger partial charge >= 0.3 is 0 Å². The van der Waals surface area contributed by atoms with E-state index in [4.69, 9.17) is 15.2 Å². The van der Waals surface area contributed by atoms with E-state index in [0.717, 1.165) is 0 Å². The van der Waals surface area contributed by atoms with Crippen molar-refractivity contribution in [2.24, 2.45) is 0 Å². The molecular weight excluding hydrogens is 254 g/mol. The first-order valence-electron chi connectivity index (χ1n) is 5.63. The Bertz CT molecular complexity index is 485. The number of rotatable bonds is 7. The van der Waals surface area contributed by atoms with E-state index in [2.05, 4.69) is 0 Å². The zero-order valence-electron chi connectivity index (χ0n) is 10.7. The van der Waals surface area contributed by atoms with E-state index in [1.54, 1.807) is 26.2 Å². The van der Waals surface area contributed by atoms with Gasteiger partial charge in [-0.3, -0.25) is 0 Å². The van der Waals surface area contributed by atoms with E-state index in [-0.39, 0.29) is 12.4 Å². The summed E-state index contributed by atoms with van der Waals surface area (Å²) >= 11 is 0. The summed E-state index contributed by atoms with van der Waals surface area (Å²) in [7, 11) is -1.75. The van der Waals surface area contributed by atoms with Crippen LogP contribution in [0.25, 0.3) is 0 Å². The van der Waals surface area contributed by atoms with Crippen molar-refractivity contribution in [3.63, 3.8) is 0 Å². The second kappa shape index (κ2) is 6.72. The Morgan fingerprint density at radius 1 is 1.22 bits per heavy atom.